The highest BCUT2D eigenvalue weighted by atomic mass is 16.6. The zero-order valence-corrected chi connectivity index (χ0v) is 11.2. The molecule has 0 unspecified atom stereocenters. The number of ether oxygens (including phenoxy) is 2. The van der Waals surface area contributed by atoms with Gasteiger partial charge >= 0.3 is 0 Å². The summed E-state index contributed by atoms with van der Waals surface area (Å²) in [5.41, 5.74) is 6.96. The summed E-state index contributed by atoms with van der Waals surface area (Å²) < 4.78 is 11.0. The Morgan fingerprint density at radius 2 is 1.94 bits per heavy atom. The summed E-state index contributed by atoms with van der Waals surface area (Å²) in [6, 6.07) is 5.96. The van der Waals surface area contributed by atoms with Crippen LogP contribution in [0, 0.1) is 5.41 Å². The molecular formula is C14H22N2O2. The van der Waals surface area contributed by atoms with Crippen LogP contribution in [0.4, 0.5) is 5.69 Å². The Labute approximate surface area is 108 Å². The molecule has 0 aliphatic carbocycles. The van der Waals surface area contributed by atoms with Gasteiger partial charge in [0.1, 0.15) is 13.2 Å². The van der Waals surface area contributed by atoms with E-state index in [2.05, 4.69) is 19.2 Å². The van der Waals surface area contributed by atoms with Gasteiger partial charge in [-0.3, -0.25) is 0 Å². The monoisotopic (exact) mass is 250 g/mol. The molecule has 4 nitrogen and oxygen atoms in total. The minimum atomic E-state index is 0.181. The molecule has 0 amide bonds. The smallest absolute Gasteiger partial charge is 0.163 e. The minimum absolute atomic E-state index is 0.181. The molecule has 0 spiro atoms. The number of nitrogens with two attached hydrogens (primary N) is 1. The van der Waals surface area contributed by atoms with Crippen molar-refractivity contribution in [2.45, 2.75) is 20.3 Å². The van der Waals surface area contributed by atoms with Gasteiger partial charge in [-0.1, -0.05) is 13.8 Å². The molecule has 1 aromatic rings. The Hall–Kier alpha value is -1.42. The highest BCUT2D eigenvalue weighted by Gasteiger charge is 2.15. The maximum absolute atomic E-state index is 5.71. The van der Waals surface area contributed by atoms with E-state index in [1.165, 1.54) is 0 Å². The van der Waals surface area contributed by atoms with Crippen molar-refractivity contribution in [1.29, 1.82) is 0 Å². The van der Waals surface area contributed by atoms with Crippen LogP contribution in [-0.4, -0.2) is 26.3 Å². The summed E-state index contributed by atoms with van der Waals surface area (Å²) in [5, 5.41) is 3.39. The molecule has 0 saturated heterocycles. The number of benzene rings is 1. The normalized spacial score (nSPS) is 14.4. The average Bonchev–Trinajstić information content (AvgIpc) is 2.38. The maximum atomic E-state index is 5.71. The highest BCUT2D eigenvalue weighted by molar-refractivity contribution is 5.55. The van der Waals surface area contributed by atoms with Crippen molar-refractivity contribution in [3.8, 4) is 11.5 Å². The van der Waals surface area contributed by atoms with Crippen molar-refractivity contribution < 1.29 is 9.47 Å². The van der Waals surface area contributed by atoms with E-state index in [9.17, 15) is 0 Å². The van der Waals surface area contributed by atoms with Crippen molar-refractivity contribution in [2.75, 3.05) is 31.6 Å². The first-order valence-electron chi connectivity index (χ1n) is 6.44. The van der Waals surface area contributed by atoms with Crippen LogP contribution < -0.4 is 20.5 Å². The predicted molar refractivity (Wildman–Crippen MR) is 73.4 cm³/mol. The lowest BCUT2D eigenvalue weighted by molar-refractivity contribution is 0.171. The lowest BCUT2D eigenvalue weighted by Crippen LogP contribution is -2.26. The second-order valence-corrected chi connectivity index (χ2v) is 5.40. The van der Waals surface area contributed by atoms with E-state index in [-0.39, 0.29) is 5.41 Å². The largest absolute Gasteiger partial charge is 0.486 e. The van der Waals surface area contributed by atoms with Crippen LogP contribution in [0.5, 0.6) is 11.5 Å². The molecule has 1 aromatic carbocycles. The van der Waals surface area contributed by atoms with Crippen molar-refractivity contribution in [3.63, 3.8) is 0 Å². The van der Waals surface area contributed by atoms with E-state index in [0.717, 1.165) is 30.2 Å². The fraction of sp³-hybridized carbons (Fsp3) is 0.571. The van der Waals surface area contributed by atoms with Gasteiger partial charge in [-0.25, -0.2) is 0 Å². The first kappa shape index (κ1) is 13.0. The van der Waals surface area contributed by atoms with Crippen molar-refractivity contribution >= 4 is 5.69 Å². The van der Waals surface area contributed by atoms with Crippen molar-refractivity contribution in [2.24, 2.45) is 11.1 Å². The first-order chi connectivity index (χ1) is 8.61. The molecule has 4 heteroatoms. The van der Waals surface area contributed by atoms with Crippen molar-refractivity contribution in [3.05, 3.63) is 18.2 Å². The maximum Gasteiger partial charge on any atom is 0.163 e. The summed E-state index contributed by atoms with van der Waals surface area (Å²) in [6.45, 7) is 7.22. The van der Waals surface area contributed by atoms with E-state index in [4.69, 9.17) is 15.2 Å². The molecule has 0 radical (unpaired) electrons. The molecule has 0 bridgehead atoms. The Morgan fingerprint density at radius 1 is 1.22 bits per heavy atom. The molecule has 1 aliphatic heterocycles. The fourth-order valence-electron chi connectivity index (χ4n) is 1.80. The van der Waals surface area contributed by atoms with E-state index in [0.29, 0.717) is 19.8 Å². The Bertz CT molecular complexity index is 405. The molecule has 0 aromatic heterocycles. The van der Waals surface area contributed by atoms with Gasteiger partial charge in [-0.15, -0.1) is 0 Å². The molecule has 18 heavy (non-hydrogen) atoms. The van der Waals surface area contributed by atoms with Gasteiger partial charge in [0.2, 0.25) is 0 Å². The molecular weight excluding hydrogens is 228 g/mol. The highest BCUT2D eigenvalue weighted by Crippen LogP contribution is 2.32. The zero-order valence-electron chi connectivity index (χ0n) is 11.2. The van der Waals surface area contributed by atoms with Crippen LogP contribution in [0.2, 0.25) is 0 Å². The molecule has 0 fully saturated rings. The van der Waals surface area contributed by atoms with E-state index >= 15 is 0 Å². The summed E-state index contributed by atoms with van der Waals surface area (Å²) in [5.74, 6) is 1.65. The van der Waals surface area contributed by atoms with E-state index < -0.39 is 0 Å². The molecule has 1 heterocycles. The van der Waals surface area contributed by atoms with Crippen LogP contribution in [0.1, 0.15) is 20.3 Å². The fourth-order valence-corrected chi connectivity index (χ4v) is 1.80. The molecule has 3 N–H and O–H groups in total. The lowest BCUT2D eigenvalue weighted by atomic mass is 9.90. The number of rotatable bonds is 5. The number of fused-ring (bicyclic) bond motifs is 1. The standard InChI is InChI=1S/C14H22N2O2/c1-14(2,10-15)5-6-16-11-3-4-12-13(9-11)18-8-7-17-12/h3-4,9,16H,5-8,10,15H2,1-2H3. The van der Waals surface area contributed by atoms with Gasteiger partial charge in [-0.05, 0) is 30.5 Å². The predicted octanol–water partition coefficient (Wildman–Crippen LogP) is 2.24. The van der Waals surface area contributed by atoms with Gasteiger partial charge in [0.05, 0.1) is 0 Å². The van der Waals surface area contributed by atoms with Crippen LogP contribution in [0.3, 0.4) is 0 Å². The third kappa shape index (κ3) is 3.29. The zero-order chi connectivity index (χ0) is 13.0. The van der Waals surface area contributed by atoms with Gasteiger partial charge in [0.25, 0.3) is 0 Å². The minimum Gasteiger partial charge on any atom is -0.486 e. The molecule has 100 valence electrons. The van der Waals surface area contributed by atoms with Gasteiger partial charge in [0.15, 0.2) is 11.5 Å². The third-order valence-electron chi connectivity index (χ3n) is 3.23. The Kier molecular flexibility index (Phi) is 3.97. The van der Waals surface area contributed by atoms with E-state index in [1.54, 1.807) is 0 Å². The second-order valence-electron chi connectivity index (χ2n) is 5.40. The van der Waals surface area contributed by atoms with Gasteiger partial charge < -0.3 is 20.5 Å². The van der Waals surface area contributed by atoms with Crippen LogP contribution in [0.25, 0.3) is 0 Å². The van der Waals surface area contributed by atoms with Crippen LogP contribution in [0.15, 0.2) is 18.2 Å². The molecule has 0 saturated carbocycles. The second kappa shape index (κ2) is 5.48. The van der Waals surface area contributed by atoms with Crippen LogP contribution >= 0.6 is 0 Å². The molecule has 2 rings (SSSR count). The Morgan fingerprint density at radius 3 is 2.67 bits per heavy atom. The summed E-state index contributed by atoms with van der Waals surface area (Å²) in [6.07, 6.45) is 1.04. The van der Waals surface area contributed by atoms with Gasteiger partial charge in [0, 0.05) is 18.3 Å². The SMILES string of the molecule is CC(C)(CN)CCNc1ccc2c(c1)OCCO2. The summed E-state index contributed by atoms with van der Waals surface area (Å²) in [4.78, 5) is 0. The number of hydrogen-bond donors (Lipinski definition) is 2. The first-order valence-corrected chi connectivity index (χ1v) is 6.44. The van der Waals surface area contributed by atoms with E-state index in [1.807, 2.05) is 18.2 Å². The topological polar surface area (TPSA) is 56.5 Å². The quantitative estimate of drug-likeness (QED) is 0.841. The number of hydrogen-bond acceptors (Lipinski definition) is 4. The molecule has 1 aliphatic rings. The van der Waals surface area contributed by atoms with Crippen LogP contribution in [-0.2, 0) is 0 Å². The Balaban J connectivity index is 1.90. The van der Waals surface area contributed by atoms with Crippen molar-refractivity contribution in [1.82, 2.24) is 0 Å². The van der Waals surface area contributed by atoms with Gasteiger partial charge in [-0.2, -0.15) is 0 Å². The lowest BCUT2D eigenvalue weighted by Gasteiger charge is -2.23. The summed E-state index contributed by atoms with van der Waals surface area (Å²) in [7, 11) is 0. The average molecular weight is 250 g/mol. The number of nitrogens with one attached hydrogen (secondary N) is 1. The number of anilines is 1. The summed E-state index contributed by atoms with van der Waals surface area (Å²) >= 11 is 0. The third-order valence-corrected chi connectivity index (χ3v) is 3.23. The molecule has 0 atom stereocenters.